The molecule has 0 radical (unpaired) electrons. The number of pyridine rings is 1. The molecule has 0 saturated carbocycles. The summed E-state index contributed by atoms with van der Waals surface area (Å²) in [7, 11) is 1.68. The van der Waals surface area contributed by atoms with Gasteiger partial charge in [0, 0.05) is 23.3 Å². The van der Waals surface area contributed by atoms with Crippen molar-refractivity contribution in [2.75, 3.05) is 7.11 Å². The van der Waals surface area contributed by atoms with Crippen molar-refractivity contribution >= 4 is 23.2 Å². The van der Waals surface area contributed by atoms with E-state index in [1.54, 1.807) is 7.11 Å². The van der Waals surface area contributed by atoms with E-state index in [4.69, 9.17) is 4.74 Å². The Morgan fingerprint density at radius 2 is 1.63 bits per heavy atom. The molecule has 0 aliphatic carbocycles. The summed E-state index contributed by atoms with van der Waals surface area (Å²) >= 11 is 0. The Hall–Kier alpha value is -2.06. The van der Waals surface area contributed by atoms with E-state index in [1.165, 1.54) is 5.39 Å². The van der Waals surface area contributed by atoms with E-state index in [-0.39, 0.29) is 12.4 Å². The number of hydrogen-bond donors (Lipinski definition) is 0. The van der Waals surface area contributed by atoms with Gasteiger partial charge < -0.3 is 4.74 Å². The average Bonchev–Trinajstić information content (AvgIpc) is 2.47. The van der Waals surface area contributed by atoms with Crippen LogP contribution in [0.4, 0.5) is 0 Å². The molecule has 0 unspecified atom stereocenters. The fourth-order valence-electron chi connectivity index (χ4n) is 2.12. The Morgan fingerprint density at radius 1 is 0.895 bits per heavy atom. The Kier molecular flexibility index (Phi) is 4.03. The summed E-state index contributed by atoms with van der Waals surface area (Å²) in [6.07, 6.45) is 3.80. The van der Waals surface area contributed by atoms with Gasteiger partial charge in [0.25, 0.3) is 0 Å². The SMILES string of the molecule is COc1ccc(-c2cncc3ccccc23)cc1.Cl. The maximum Gasteiger partial charge on any atom is 0.118 e. The second-order valence-electron chi connectivity index (χ2n) is 4.14. The standard InChI is InChI=1S/C16H13NO.ClH/c1-18-14-8-6-12(7-9-14)16-11-17-10-13-4-2-3-5-15(13)16;/h2-11H,1H3;1H. The average molecular weight is 272 g/mol. The first-order chi connectivity index (χ1) is 8.88. The quantitative estimate of drug-likeness (QED) is 0.692. The topological polar surface area (TPSA) is 22.1 Å². The molecule has 0 aliphatic heterocycles. The molecule has 0 saturated heterocycles. The van der Waals surface area contributed by atoms with Crippen molar-refractivity contribution in [3.63, 3.8) is 0 Å². The zero-order chi connectivity index (χ0) is 12.4. The van der Waals surface area contributed by atoms with Crippen LogP contribution in [0.25, 0.3) is 21.9 Å². The van der Waals surface area contributed by atoms with Gasteiger partial charge in [0.1, 0.15) is 5.75 Å². The molecule has 0 spiro atoms. The van der Waals surface area contributed by atoms with E-state index < -0.39 is 0 Å². The minimum absolute atomic E-state index is 0. The van der Waals surface area contributed by atoms with Crippen LogP contribution in [0, 0.1) is 0 Å². The summed E-state index contributed by atoms with van der Waals surface area (Å²) in [5.41, 5.74) is 2.30. The number of hydrogen-bond acceptors (Lipinski definition) is 2. The predicted octanol–water partition coefficient (Wildman–Crippen LogP) is 4.33. The monoisotopic (exact) mass is 271 g/mol. The van der Waals surface area contributed by atoms with Gasteiger partial charge in [-0.2, -0.15) is 0 Å². The van der Waals surface area contributed by atoms with Crippen molar-refractivity contribution in [3.05, 3.63) is 60.9 Å². The van der Waals surface area contributed by atoms with Crippen LogP contribution in [0.3, 0.4) is 0 Å². The summed E-state index contributed by atoms with van der Waals surface area (Å²) in [5.74, 6) is 0.868. The molecular formula is C16H14ClNO. The van der Waals surface area contributed by atoms with Gasteiger partial charge in [0.2, 0.25) is 0 Å². The highest BCUT2D eigenvalue weighted by Crippen LogP contribution is 2.28. The Balaban J connectivity index is 0.00000133. The molecule has 3 heteroatoms. The van der Waals surface area contributed by atoms with E-state index in [9.17, 15) is 0 Å². The number of aromatic nitrogens is 1. The lowest BCUT2D eigenvalue weighted by Gasteiger charge is -2.07. The highest BCUT2D eigenvalue weighted by Gasteiger charge is 2.03. The lowest BCUT2D eigenvalue weighted by Crippen LogP contribution is -1.85. The zero-order valence-electron chi connectivity index (χ0n) is 10.5. The predicted molar refractivity (Wildman–Crippen MR) is 81.0 cm³/mol. The summed E-state index contributed by atoms with van der Waals surface area (Å²) in [5, 5.41) is 2.38. The van der Waals surface area contributed by atoms with Crippen molar-refractivity contribution in [2.45, 2.75) is 0 Å². The van der Waals surface area contributed by atoms with Crippen molar-refractivity contribution in [3.8, 4) is 16.9 Å². The highest BCUT2D eigenvalue weighted by atomic mass is 35.5. The van der Waals surface area contributed by atoms with Crippen molar-refractivity contribution in [1.82, 2.24) is 4.98 Å². The number of nitrogens with zero attached hydrogens (tertiary/aromatic N) is 1. The first kappa shape index (κ1) is 13.4. The second-order valence-corrected chi connectivity index (χ2v) is 4.14. The highest BCUT2D eigenvalue weighted by molar-refractivity contribution is 5.95. The fraction of sp³-hybridized carbons (Fsp3) is 0.0625. The second kappa shape index (κ2) is 5.72. The summed E-state index contributed by atoms with van der Waals surface area (Å²) in [6, 6.07) is 16.3. The van der Waals surface area contributed by atoms with Crippen LogP contribution in [0.1, 0.15) is 0 Å². The molecule has 0 amide bonds. The van der Waals surface area contributed by atoms with E-state index in [0.29, 0.717) is 0 Å². The van der Waals surface area contributed by atoms with Crippen LogP contribution >= 0.6 is 12.4 Å². The molecule has 1 aromatic heterocycles. The first-order valence-corrected chi connectivity index (χ1v) is 5.85. The molecule has 0 fully saturated rings. The molecule has 96 valence electrons. The van der Waals surface area contributed by atoms with E-state index in [2.05, 4.69) is 35.3 Å². The van der Waals surface area contributed by atoms with Gasteiger partial charge >= 0.3 is 0 Å². The number of halogens is 1. The largest absolute Gasteiger partial charge is 0.497 e. The van der Waals surface area contributed by atoms with Gasteiger partial charge in [0.15, 0.2) is 0 Å². The molecule has 19 heavy (non-hydrogen) atoms. The molecule has 0 aliphatic rings. The molecule has 0 atom stereocenters. The van der Waals surface area contributed by atoms with Crippen LogP contribution in [-0.2, 0) is 0 Å². The van der Waals surface area contributed by atoms with Crippen molar-refractivity contribution < 1.29 is 4.74 Å². The molecule has 3 rings (SSSR count). The number of rotatable bonds is 2. The summed E-state index contributed by atoms with van der Waals surface area (Å²) in [4.78, 5) is 4.30. The summed E-state index contributed by atoms with van der Waals surface area (Å²) < 4.78 is 5.18. The van der Waals surface area contributed by atoms with Gasteiger partial charge in [-0.3, -0.25) is 4.98 Å². The molecule has 0 N–H and O–H groups in total. The van der Waals surface area contributed by atoms with Crippen LogP contribution in [-0.4, -0.2) is 12.1 Å². The molecule has 2 nitrogen and oxygen atoms in total. The van der Waals surface area contributed by atoms with Gasteiger partial charge in [-0.05, 0) is 23.1 Å². The van der Waals surface area contributed by atoms with E-state index >= 15 is 0 Å². The van der Waals surface area contributed by atoms with Crippen LogP contribution < -0.4 is 4.74 Å². The maximum absolute atomic E-state index is 5.18. The van der Waals surface area contributed by atoms with Crippen LogP contribution in [0.5, 0.6) is 5.75 Å². The lowest BCUT2D eigenvalue weighted by molar-refractivity contribution is 0.415. The Morgan fingerprint density at radius 3 is 2.37 bits per heavy atom. The molecule has 2 aromatic carbocycles. The smallest absolute Gasteiger partial charge is 0.118 e. The van der Waals surface area contributed by atoms with Gasteiger partial charge in [-0.1, -0.05) is 36.4 Å². The number of benzene rings is 2. The van der Waals surface area contributed by atoms with E-state index in [0.717, 1.165) is 22.3 Å². The van der Waals surface area contributed by atoms with Gasteiger partial charge in [-0.25, -0.2) is 0 Å². The third-order valence-corrected chi connectivity index (χ3v) is 3.07. The summed E-state index contributed by atoms with van der Waals surface area (Å²) in [6.45, 7) is 0. The normalized spacial score (nSPS) is 9.95. The Bertz CT molecular complexity index is 674. The molecule has 0 bridgehead atoms. The molecular weight excluding hydrogens is 258 g/mol. The maximum atomic E-state index is 5.18. The van der Waals surface area contributed by atoms with Gasteiger partial charge in [0.05, 0.1) is 7.11 Å². The van der Waals surface area contributed by atoms with E-state index in [1.807, 2.05) is 30.6 Å². The van der Waals surface area contributed by atoms with Crippen molar-refractivity contribution in [2.24, 2.45) is 0 Å². The number of fused-ring (bicyclic) bond motifs is 1. The van der Waals surface area contributed by atoms with Crippen molar-refractivity contribution in [1.29, 1.82) is 0 Å². The zero-order valence-corrected chi connectivity index (χ0v) is 11.4. The third-order valence-electron chi connectivity index (χ3n) is 3.07. The van der Waals surface area contributed by atoms with Crippen LogP contribution in [0.15, 0.2) is 60.9 Å². The number of ether oxygens (including phenoxy) is 1. The first-order valence-electron chi connectivity index (χ1n) is 5.85. The minimum atomic E-state index is 0. The Labute approximate surface area is 118 Å². The number of methoxy groups -OCH3 is 1. The fourth-order valence-corrected chi connectivity index (χ4v) is 2.12. The lowest BCUT2D eigenvalue weighted by atomic mass is 10.0. The minimum Gasteiger partial charge on any atom is -0.497 e. The third kappa shape index (κ3) is 2.54. The van der Waals surface area contributed by atoms with Crippen LogP contribution in [0.2, 0.25) is 0 Å². The molecule has 1 heterocycles. The van der Waals surface area contributed by atoms with Gasteiger partial charge in [-0.15, -0.1) is 12.4 Å². The molecule has 3 aromatic rings.